The van der Waals surface area contributed by atoms with E-state index < -0.39 is 17.1 Å². The first-order chi connectivity index (χ1) is 15.0. The number of ether oxygens (including phenoxy) is 3. The molecular weight excluding hydrogens is 408 g/mol. The third-order valence-electron chi connectivity index (χ3n) is 6.45. The standard InChI is InChI=1S/C26H32O4S/c1-3-28-24-23(17-29-26(24,2)31)30-25(27)22-15-13-21(14-16-22)20-11-9-19(10-12-20)18-7-5-4-6-8-18/h9-16,18,23-24,31H,3-8,17H2,1-2H3/t23?,24-,26+/m1/s1. The maximum atomic E-state index is 12.7. The number of rotatable bonds is 6. The summed E-state index contributed by atoms with van der Waals surface area (Å²) in [4.78, 5) is 11.9. The van der Waals surface area contributed by atoms with E-state index in [4.69, 9.17) is 14.2 Å². The number of esters is 1. The Labute approximate surface area is 190 Å². The molecule has 1 aliphatic heterocycles. The van der Waals surface area contributed by atoms with E-state index >= 15 is 0 Å². The Morgan fingerprint density at radius 1 is 1.03 bits per heavy atom. The second-order valence-corrected chi connectivity index (χ2v) is 9.61. The molecule has 0 radical (unpaired) electrons. The third-order valence-corrected chi connectivity index (χ3v) is 6.83. The van der Waals surface area contributed by atoms with Gasteiger partial charge in [-0.1, -0.05) is 55.7 Å². The summed E-state index contributed by atoms with van der Waals surface area (Å²) in [6, 6.07) is 16.5. The minimum Gasteiger partial charge on any atom is -0.453 e. The van der Waals surface area contributed by atoms with E-state index in [1.54, 1.807) is 0 Å². The lowest BCUT2D eigenvalue weighted by Crippen LogP contribution is -2.40. The molecule has 166 valence electrons. The van der Waals surface area contributed by atoms with E-state index in [1.807, 2.05) is 38.1 Å². The van der Waals surface area contributed by atoms with Gasteiger partial charge in [0.1, 0.15) is 11.0 Å². The molecular formula is C26H32O4S. The van der Waals surface area contributed by atoms with Gasteiger partial charge in [-0.3, -0.25) is 0 Å². The first-order valence-electron chi connectivity index (χ1n) is 11.4. The fraction of sp³-hybridized carbons (Fsp3) is 0.500. The predicted octanol–water partition coefficient (Wildman–Crippen LogP) is 6.01. The quantitative estimate of drug-likeness (QED) is 0.441. The Balaban J connectivity index is 1.40. The molecule has 0 aromatic heterocycles. The highest BCUT2D eigenvalue weighted by Crippen LogP contribution is 2.35. The van der Waals surface area contributed by atoms with Crippen LogP contribution in [0.15, 0.2) is 48.5 Å². The molecule has 0 spiro atoms. The van der Waals surface area contributed by atoms with Crippen LogP contribution in [-0.4, -0.2) is 36.3 Å². The molecule has 5 heteroatoms. The zero-order valence-electron chi connectivity index (χ0n) is 18.4. The van der Waals surface area contributed by atoms with Crippen molar-refractivity contribution in [2.75, 3.05) is 13.2 Å². The van der Waals surface area contributed by atoms with Crippen LogP contribution in [0.5, 0.6) is 0 Å². The van der Waals surface area contributed by atoms with Gasteiger partial charge < -0.3 is 14.2 Å². The summed E-state index contributed by atoms with van der Waals surface area (Å²) in [5, 5.41) is 0. The van der Waals surface area contributed by atoms with E-state index in [9.17, 15) is 4.79 Å². The van der Waals surface area contributed by atoms with Crippen molar-refractivity contribution < 1.29 is 19.0 Å². The summed E-state index contributed by atoms with van der Waals surface area (Å²) in [7, 11) is 0. The van der Waals surface area contributed by atoms with Gasteiger partial charge in [0.2, 0.25) is 0 Å². The van der Waals surface area contributed by atoms with E-state index in [1.165, 1.54) is 37.7 Å². The van der Waals surface area contributed by atoms with Gasteiger partial charge in [-0.15, -0.1) is 12.6 Å². The Bertz CT molecular complexity index is 869. The van der Waals surface area contributed by atoms with E-state index in [2.05, 4.69) is 36.9 Å². The molecule has 0 bridgehead atoms. The van der Waals surface area contributed by atoms with Gasteiger partial charge in [-0.2, -0.15) is 0 Å². The summed E-state index contributed by atoms with van der Waals surface area (Å²) in [6.45, 7) is 4.52. The van der Waals surface area contributed by atoms with Crippen molar-refractivity contribution in [3.05, 3.63) is 59.7 Å². The fourth-order valence-electron chi connectivity index (χ4n) is 4.69. The summed E-state index contributed by atoms with van der Waals surface area (Å²) < 4.78 is 17.1. The van der Waals surface area contributed by atoms with Crippen molar-refractivity contribution in [1.82, 2.24) is 0 Å². The van der Waals surface area contributed by atoms with Crippen molar-refractivity contribution in [3.63, 3.8) is 0 Å². The van der Waals surface area contributed by atoms with Crippen LogP contribution < -0.4 is 0 Å². The van der Waals surface area contributed by atoms with Crippen molar-refractivity contribution in [2.45, 2.75) is 69.0 Å². The number of carbonyl (C=O) groups excluding carboxylic acids is 1. The number of hydrogen-bond acceptors (Lipinski definition) is 5. The second kappa shape index (κ2) is 9.76. The maximum Gasteiger partial charge on any atom is 0.338 e. The lowest BCUT2D eigenvalue weighted by atomic mass is 9.84. The van der Waals surface area contributed by atoms with Gasteiger partial charge in [0.25, 0.3) is 0 Å². The zero-order valence-corrected chi connectivity index (χ0v) is 19.3. The first kappa shape index (κ1) is 22.4. The van der Waals surface area contributed by atoms with Gasteiger partial charge >= 0.3 is 5.97 Å². The van der Waals surface area contributed by atoms with E-state index in [0.29, 0.717) is 18.1 Å². The summed E-state index contributed by atoms with van der Waals surface area (Å²) >= 11 is 4.50. The highest BCUT2D eigenvalue weighted by molar-refractivity contribution is 7.81. The number of hydrogen-bond donors (Lipinski definition) is 1. The predicted molar refractivity (Wildman–Crippen MR) is 126 cm³/mol. The van der Waals surface area contributed by atoms with E-state index in [0.717, 1.165) is 11.1 Å². The van der Waals surface area contributed by atoms with Crippen LogP contribution in [0, 0.1) is 0 Å². The average Bonchev–Trinajstić information content (AvgIpc) is 3.08. The molecule has 31 heavy (non-hydrogen) atoms. The summed E-state index contributed by atoms with van der Waals surface area (Å²) in [6.07, 6.45) is 5.80. The van der Waals surface area contributed by atoms with Crippen LogP contribution in [-0.2, 0) is 14.2 Å². The molecule has 4 nitrogen and oxygen atoms in total. The monoisotopic (exact) mass is 440 g/mol. The molecule has 2 aromatic rings. The molecule has 1 saturated heterocycles. The van der Waals surface area contributed by atoms with Crippen LogP contribution in [0.25, 0.3) is 11.1 Å². The molecule has 1 saturated carbocycles. The summed E-state index contributed by atoms with van der Waals surface area (Å²) in [5.74, 6) is 0.336. The van der Waals surface area contributed by atoms with Gasteiger partial charge in [0, 0.05) is 6.61 Å². The largest absolute Gasteiger partial charge is 0.453 e. The van der Waals surface area contributed by atoms with Gasteiger partial charge in [0.05, 0.1) is 12.2 Å². The SMILES string of the molecule is CCO[C@@H]1C(OC(=O)c2ccc(-c3ccc(C4CCCCC4)cc3)cc2)CO[C@@]1(C)S. The van der Waals surface area contributed by atoms with Crippen molar-refractivity contribution in [3.8, 4) is 11.1 Å². The molecule has 1 heterocycles. The molecule has 2 aromatic carbocycles. The van der Waals surface area contributed by atoms with E-state index in [-0.39, 0.29) is 12.6 Å². The average molecular weight is 441 g/mol. The lowest BCUT2D eigenvalue weighted by Gasteiger charge is -2.27. The minimum atomic E-state index is -0.769. The third kappa shape index (κ3) is 5.16. The van der Waals surface area contributed by atoms with Gasteiger partial charge in [0.15, 0.2) is 6.10 Å². The maximum absolute atomic E-state index is 12.7. The second-order valence-electron chi connectivity index (χ2n) is 8.72. The molecule has 2 fully saturated rings. The minimum absolute atomic E-state index is 0.280. The van der Waals surface area contributed by atoms with Crippen LogP contribution in [0.4, 0.5) is 0 Å². The highest BCUT2D eigenvalue weighted by atomic mass is 32.1. The molecule has 1 aliphatic carbocycles. The van der Waals surface area contributed by atoms with Crippen LogP contribution in [0.1, 0.15) is 67.8 Å². The molecule has 4 rings (SSSR count). The first-order valence-corrected chi connectivity index (χ1v) is 11.8. The Morgan fingerprint density at radius 3 is 2.26 bits per heavy atom. The van der Waals surface area contributed by atoms with Crippen molar-refractivity contribution in [1.29, 1.82) is 0 Å². The van der Waals surface area contributed by atoms with Gasteiger partial charge in [-0.05, 0) is 61.4 Å². The topological polar surface area (TPSA) is 44.8 Å². The molecule has 0 amide bonds. The van der Waals surface area contributed by atoms with Crippen LogP contribution in [0.3, 0.4) is 0 Å². The number of thiol groups is 1. The zero-order chi connectivity index (χ0) is 21.8. The van der Waals surface area contributed by atoms with Crippen LogP contribution in [0.2, 0.25) is 0 Å². The lowest BCUT2D eigenvalue weighted by molar-refractivity contribution is -0.0481. The number of benzene rings is 2. The normalized spacial score (nSPS) is 26.7. The van der Waals surface area contributed by atoms with Crippen molar-refractivity contribution in [2.24, 2.45) is 0 Å². The molecule has 1 unspecified atom stereocenters. The Kier molecular flexibility index (Phi) is 7.05. The van der Waals surface area contributed by atoms with Crippen molar-refractivity contribution >= 4 is 18.6 Å². The molecule has 2 aliphatic rings. The Hall–Kier alpha value is -1.82. The highest BCUT2D eigenvalue weighted by Gasteiger charge is 2.47. The fourth-order valence-corrected chi connectivity index (χ4v) is 5.01. The summed E-state index contributed by atoms with van der Waals surface area (Å²) in [5.41, 5.74) is 4.21. The van der Waals surface area contributed by atoms with Crippen LogP contribution >= 0.6 is 12.6 Å². The number of carbonyl (C=O) groups is 1. The molecule has 3 atom stereocenters. The van der Waals surface area contributed by atoms with Gasteiger partial charge in [-0.25, -0.2) is 4.79 Å². The smallest absolute Gasteiger partial charge is 0.338 e. The molecule has 0 N–H and O–H groups in total. The Morgan fingerprint density at radius 2 is 1.65 bits per heavy atom.